The van der Waals surface area contributed by atoms with E-state index in [-0.39, 0.29) is 0 Å². The van der Waals surface area contributed by atoms with Crippen LogP contribution in [0.15, 0.2) is 23.8 Å². The highest BCUT2D eigenvalue weighted by atomic mass is 16.1. The third-order valence-corrected chi connectivity index (χ3v) is 7.26. The second-order valence-corrected chi connectivity index (χ2v) is 8.16. The smallest absolute Gasteiger partial charge is 0.136 e. The molecule has 0 amide bonds. The second-order valence-electron chi connectivity index (χ2n) is 8.16. The molecule has 0 heterocycles. The maximum absolute atomic E-state index is 11.8. The minimum absolute atomic E-state index is 0.334. The molecule has 22 heavy (non-hydrogen) atoms. The van der Waals surface area contributed by atoms with Crippen LogP contribution in [0, 0.1) is 28.6 Å². The van der Waals surface area contributed by atoms with Gasteiger partial charge in [-0.25, -0.2) is 0 Å². The van der Waals surface area contributed by atoms with Crippen molar-refractivity contribution in [1.82, 2.24) is 0 Å². The van der Waals surface area contributed by atoms with Gasteiger partial charge in [-0.2, -0.15) is 0 Å². The summed E-state index contributed by atoms with van der Waals surface area (Å²) >= 11 is 0. The van der Waals surface area contributed by atoms with Gasteiger partial charge in [-0.1, -0.05) is 51.5 Å². The Labute approximate surface area is 136 Å². The maximum atomic E-state index is 11.8. The highest BCUT2D eigenvalue weighted by Crippen LogP contribution is 2.63. The summed E-state index contributed by atoms with van der Waals surface area (Å²) in [6.45, 7) is 8.94. The molecule has 0 saturated heterocycles. The molecule has 0 N–H and O–H groups in total. The van der Waals surface area contributed by atoms with E-state index in [9.17, 15) is 4.79 Å². The largest absolute Gasteiger partial charge is 0.299 e. The summed E-state index contributed by atoms with van der Waals surface area (Å²) in [6.07, 6.45) is 15.3. The molecule has 0 aromatic carbocycles. The normalized spacial score (nSPS) is 45.9. The highest BCUT2D eigenvalue weighted by Gasteiger charge is 2.54. The van der Waals surface area contributed by atoms with Crippen LogP contribution in [-0.4, -0.2) is 5.78 Å². The summed E-state index contributed by atoms with van der Waals surface area (Å²) in [4.78, 5) is 11.8. The molecule has 0 spiro atoms. The van der Waals surface area contributed by atoms with Crippen molar-refractivity contribution in [3.05, 3.63) is 23.8 Å². The predicted molar refractivity (Wildman–Crippen MR) is 92.6 cm³/mol. The molecule has 4 rings (SSSR count). The van der Waals surface area contributed by atoms with Crippen LogP contribution in [0.4, 0.5) is 0 Å². The van der Waals surface area contributed by atoms with E-state index < -0.39 is 0 Å². The Morgan fingerprint density at radius 1 is 1.09 bits per heavy atom. The lowest BCUT2D eigenvalue weighted by Gasteiger charge is -2.56. The predicted octanol–water partition coefficient (Wildman–Crippen LogP) is 5.71. The number of hydrogen-bond donors (Lipinski definition) is 0. The van der Waals surface area contributed by atoms with Crippen molar-refractivity contribution in [2.45, 2.75) is 72.6 Å². The van der Waals surface area contributed by atoms with Crippen molar-refractivity contribution in [3.63, 3.8) is 0 Å². The number of rotatable bonds is 0. The van der Waals surface area contributed by atoms with Crippen LogP contribution in [0.5, 0.6) is 0 Å². The Morgan fingerprint density at radius 2 is 1.86 bits per heavy atom. The lowest BCUT2D eigenvalue weighted by molar-refractivity contribution is -0.122. The average Bonchev–Trinajstić information content (AvgIpc) is 2.92. The summed E-state index contributed by atoms with van der Waals surface area (Å²) in [5.74, 6) is 3.00. The van der Waals surface area contributed by atoms with Gasteiger partial charge < -0.3 is 0 Å². The zero-order valence-corrected chi connectivity index (χ0v) is 14.8. The molecule has 0 aromatic heterocycles. The molecular weight excluding hydrogens is 268 g/mol. The number of allylic oxidation sites excluding steroid dienone is 4. The average molecular weight is 300 g/mol. The van der Waals surface area contributed by atoms with Gasteiger partial charge in [-0.15, -0.1) is 0 Å². The molecule has 2 fully saturated rings. The summed E-state index contributed by atoms with van der Waals surface area (Å²) in [5, 5.41) is 0. The molecule has 0 aliphatic heterocycles. The van der Waals surface area contributed by atoms with Gasteiger partial charge in [0.1, 0.15) is 5.78 Å². The topological polar surface area (TPSA) is 17.1 Å². The van der Waals surface area contributed by atoms with Crippen LogP contribution < -0.4 is 0 Å². The third kappa shape index (κ3) is 2.23. The monoisotopic (exact) mass is 300 g/mol. The van der Waals surface area contributed by atoms with E-state index in [1.54, 1.807) is 0 Å². The van der Waals surface area contributed by atoms with E-state index in [2.05, 4.69) is 32.1 Å². The Balaban J connectivity index is 0.000000693. The van der Waals surface area contributed by atoms with Crippen molar-refractivity contribution in [2.75, 3.05) is 0 Å². The van der Waals surface area contributed by atoms with Crippen molar-refractivity contribution >= 4 is 5.78 Å². The molecule has 2 saturated carbocycles. The first-order valence-electron chi connectivity index (χ1n) is 9.42. The minimum atomic E-state index is 0.334. The summed E-state index contributed by atoms with van der Waals surface area (Å²) in [5.41, 5.74) is 2.29. The van der Waals surface area contributed by atoms with Crippen LogP contribution in [0.25, 0.3) is 0 Å². The quantitative estimate of drug-likeness (QED) is 0.524. The Hall–Kier alpha value is -0.850. The van der Waals surface area contributed by atoms with E-state index in [1.807, 2.05) is 13.8 Å². The van der Waals surface area contributed by atoms with Crippen LogP contribution in [0.2, 0.25) is 0 Å². The van der Waals surface area contributed by atoms with Crippen LogP contribution in [0.1, 0.15) is 72.6 Å². The molecular formula is C21H32O. The standard InChI is InChI=1S/C19H26O.C2H6/c1-18-9-3-4-16(18)15-6-5-13-12-14(20)7-11-19(13,2)17(15)8-10-18;1-2/h3,5,9,15-17H,4,6-8,10-12H2,1-2H3;1-2H3. The van der Waals surface area contributed by atoms with E-state index >= 15 is 0 Å². The first-order valence-corrected chi connectivity index (χ1v) is 9.42. The highest BCUT2D eigenvalue weighted by molar-refractivity contribution is 5.82. The van der Waals surface area contributed by atoms with E-state index in [0.717, 1.165) is 37.0 Å². The maximum Gasteiger partial charge on any atom is 0.136 e. The fourth-order valence-electron chi connectivity index (χ4n) is 5.96. The molecule has 4 aliphatic rings. The van der Waals surface area contributed by atoms with Crippen molar-refractivity contribution in [1.29, 1.82) is 0 Å². The van der Waals surface area contributed by atoms with E-state index in [0.29, 0.717) is 16.6 Å². The van der Waals surface area contributed by atoms with Gasteiger partial charge in [-0.3, -0.25) is 4.79 Å². The first kappa shape index (κ1) is 16.0. The fourth-order valence-corrected chi connectivity index (χ4v) is 5.96. The van der Waals surface area contributed by atoms with Crippen molar-refractivity contribution < 1.29 is 4.79 Å². The molecule has 5 unspecified atom stereocenters. The molecule has 0 radical (unpaired) electrons. The number of carbonyl (C=O) groups is 1. The van der Waals surface area contributed by atoms with Gasteiger partial charge in [0.25, 0.3) is 0 Å². The van der Waals surface area contributed by atoms with Crippen LogP contribution in [0.3, 0.4) is 0 Å². The zero-order valence-electron chi connectivity index (χ0n) is 14.8. The third-order valence-electron chi connectivity index (χ3n) is 7.26. The lowest BCUT2D eigenvalue weighted by atomic mass is 9.48. The molecule has 5 atom stereocenters. The SMILES string of the molecule is CC.CC12C=CCC1C1CC=C3CC(=O)CCC3(C)C1CC2. The van der Waals surface area contributed by atoms with Gasteiger partial charge in [-0.05, 0) is 60.7 Å². The number of fused-ring (bicyclic) bond motifs is 5. The van der Waals surface area contributed by atoms with Crippen molar-refractivity contribution in [3.8, 4) is 0 Å². The van der Waals surface area contributed by atoms with Crippen LogP contribution in [-0.2, 0) is 4.79 Å². The molecule has 0 bridgehead atoms. The second kappa shape index (κ2) is 5.65. The molecule has 122 valence electrons. The number of hydrogen-bond acceptors (Lipinski definition) is 1. The number of ketones is 1. The van der Waals surface area contributed by atoms with Crippen LogP contribution >= 0.6 is 0 Å². The van der Waals surface area contributed by atoms with Gasteiger partial charge in [0, 0.05) is 12.8 Å². The van der Waals surface area contributed by atoms with Gasteiger partial charge in [0.15, 0.2) is 0 Å². The summed E-state index contributed by atoms with van der Waals surface area (Å²) in [6, 6.07) is 0. The van der Waals surface area contributed by atoms with Gasteiger partial charge in [0.05, 0.1) is 0 Å². The van der Waals surface area contributed by atoms with Gasteiger partial charge >= 0.3 is 0 Å². The lowest BCUT2D eigenvalue weighted by Crippen LogP contribution is -2.48. The summed E-state index contributed by atoms with van der Waals surface area (Å²) < 4.78 is 0. The first-order chi connectivity index (χ1) is 10.5. The molecule has 1 heteroatoms. The summed E-state index contributed by atoms with van der Waals surface area (Å²) in [7, 11) is 0. The van der Waals surface area contributed by atoms with E-state index in [1.165, 1.54) is 31.3 Å². The Bertz CT molecular complexity index is 514. The molecule has 4 aliphatic carbocycles. The molecule has 1 nitrogen and oxygen atoms in total. The van der Waals surface area contributed by atoms with E-state index in [4.69, 9.17) is 0 Å². The number of Topliss-reactive ketones (excluding diaryl/α,β-unsaturated/α-hetero) is 1. The van der Waals surface area contributed by atoms with Crippen molar-refractivity contribution in [2.24, 2.45) is 28.6 Å². The molecule has 0 aromatic rings. The minimum Gasteiger partial charge on any atom is -0.299 e. The number of carbonyl (C=O) groups excluding carboxylic acids is 1. The Morgan fingerprint density at radius 3 is 2.64 bits per heavy atom. The zero-order chi connectivity index (χ0) is 16.0. The Kier molecular flexibility index (Phi) is 4.12. The fraction of sp³-hybridized carbons (Fsp3) is 0.762. The van der Waals surface area contributed by atoms with Gasteiger partial charge in [0.2, 0.25) is 0 Å².